The largest absolute Gasteiger partial charge is 0.496 e. The minimum atomic E-state index is -0.408. The van der Waals surface area contributed by atoms with Crippen LogP contribution in [0.15, 0.2) is 59.2 Å². The topological polar surface area (TPSA) is 72.4 Å². The van der Waals surface area contributed by atoms with Crippen molar-refractivity contribution in [3.8, 4) is 5.75 Å². The van der Waals surface area contributed by atoms with Crippen LogP contribution in [0.3, 0.4) is 0 Å². The highest BCUT2D eigenvalue weighted by Crippen LogP contribution is 2.25. The van der Waals surface area contributed by atoms with Crippen LogP contribution in [-0.4, -0.2) is 23.5 Å². The molecular weight excluding hydrogens is 386 g/mol. The molecule has 1 heterocycles. The molecule has 2 aromatic carbocycles. The summed E-state index contributed by atoms with van der Waals surface area (Å²) in [6, 6.07) is 14.6. The van der Waals surface area contributed by atoms with Crippen LogP contribution in [0.4, 0.5) is 0 Å². The Kier molecular flexibility index (Phi) is 5.04. The van der Waals surface area contributed by atoms with E-state index < -0.39 is 5.91 Å². The maximum absolute atomic E-state index is 12.1. The number of carbonyl (C=O) groups excluding carboxylic acids is 2. The summed E-state index contributed by atoms with van der Waals surface area (Å²) >= 11 is 3.32. The molecule has 0 atom stereocenters. The van der Waals surface area contributed by atoms with Gasteiger partial charge in [-0.05, 0) is 51.6 Å². The van der Waals surface area contributed by atoms with Gasteiger partial charge in [-0.3, -0.25) is 20.4 Å². The van der Waals surface area contributed by atoms with Gasteiger partial charge in [-0.1, -0.05) is 18.2 Å². The summed E-state index contributed by atoms with van der Waals surface area (Å²) in [6.07, 6.45) is 1.84. The average molecular weight is 402 g/mol. The van der Waals surface area contributed by atoms with Crippen LogP contribution in [0.25, 0.3) is 10.9 Å². The summed E-state index contributed by atoms with van der Waals surface area (Å²) in [5.41, 5.74) is 6.20. The molecule has 0 spiro atoms. The summed E-state index contributed by atoms with van der Waals surface area (Å²) in [5.74, 6) is -0.101. The second kappa shape index (κ2) is 7.40. The van der Waals surface area contributed by atoms with E-state index in [2.05, 4.69) is 26.8 Å². The third-order valence-corrected chi connectivity index (χ3v) is 4.34. The number of hydrogen-bond donors (Lipinski definition) is 2. The Bertz CT molecular complexity index is 936. The van der Waals surface area contributed by atoms with E-state index in [9.17, 15) is 9.59 Å². The number of aromatic nitrogens is 1. The maximum atomic E-state index is 12.1. The normalized spacial score (nSPS) is 10.5. The molecule has 2 N–H and O–H groups in total. The Balaban J connectivity index is 1.60. The first kappa shape index (κ1) is 17.0. The van der Waals surface area contributed by atoms with E-state index in [1.807, 2.05) is 41.1 Å². The Morgan fingerprint density at radius 1 is 1.12 bits per heavy atom. The van der Waals surface area contributed by atoms with Crippen molar-refractivity contribution >= 4 is 38.6 Å². The van der Waals surface area contributed by atoms with Gasteiger partial charge in [-0.15, -0.1) is 0 Å². The number of methoxy groups -OCH3 is 1. The van der Waals surface area contributed by atoms with Gasteiger partial charge in [0.25, 0.3) is 11.8 Å². The number of carbonyl (C=O) groups is 2. The van der Waals surface area contributed by atoms with E-state index in [-0.39, 0.29) is 12.5 Å². The molecule has 7 heteroatoms. The van der Waals surface area contributed by atoms with Crippen LogP contribution in [-0.2, 0) is 11.3 Å². The van der Waals surface area contributed by atoms with E-state index >= 15 is 0 Å². The van der Waals surface area contributed by atoms with Crippen LogP contribution >= 0.6 is 15.9 Å². The first-order valence-corrected chi connectivity index (χ1v) is 8.34. The molecule has 0 aliphatic heterocycles. The van der Waals surface area contributed by atoms with Crippen molar-refractivity contribution in [1.29, 1.82) is 0 Å². The van der Waals surface area contributed by atoms with E-state index in [1.165, 1.54) is 0 Å². The molecule has 6 nitrogen and oxygen atoms in total. The number of amides is 2. The molecule has 3 rings (SSSR count). The number of hydrazine groups is 1. The molecule has 2 amide bonds. The molecule has 25 heavy (non-hydrogen) atoms. The fraction of sp³-hybridized carbons (Fsp3) is 0.111. The molecule has 0 saturated heterocycles. The summed E-state index contributed by atoms with van der Waals surface area (Å²) < 4.78 is 7.60. The Labute approximate surface area is 152 Å². The maximum Gasteiger partial charge on any atom is 0.269 e. The lowest BCUT2D eigenvalue weighted by molar-refractivity contribution is -0.122. The summed E-state index contributed by atoms with van der Waals surface area (Å²) in [7, 11) is 1.55. The second-order valence-corrected chi connectivity index (χ2v) is 6.21. The molecule has 3 aromatic rings. The van der Waals surface area contributed by atoms with E-state index in [4.69, 9.17) is 4.74 Å². The number of fused-ring (bicyclic) bond motifs is 1. The van der Waals surface area contributed by atoms with Crippen LogP contribution < -0.4 is 15.6 Å². The van der Waals surface area contributed by atoms with E-state index in [1.54, 1.807) is 25.3 Å². The highest BCUT2D eigenvalue weighted by molar-refractivity contribution is 9.10. The zero-order valence-corrected chi connectivity index (χ0v) is 15.0. The predicted molar refractivity (Wildman–Crippen MR) is 98.2 cm³/mol. The number of nitrogens with zero attached hydrogens (tertiary/aromatic N) is 1. The minimum Gasteiger partial charge on any atom is -0.496 e. The zero-order chi connectivity index (χ0) is 17.8. The number of rotatable bonds is 4. The predicted octanol–water partition coefficient (Wildman–Crippen LogP) is 2.87. The molecule has 0 saturated carbocycles. The number of nitrogens with one attached hydrogen (secondary N) is 2. The molecule has 0 aliphatic carbocycles. The van der Waals surface area contributed by atoms with Gasteiger partial charge in [0.15, 0.2) is 0 Å². The van der Waals surface area contributed by atoms with Crippen molar-refractivity contribution in [2.75, 3.05) is 7.11 Å². The second-order valence-electron chi connectivity index (χ2n) is 5.35. The highest BCUT2D eigenvalue weighted by atomic mass is 79.9. The first-order valence-electron chi connectivity index (χ1n) is 7.55. The minimum absolute atomic E-state index is 0.111. The number of benzene rings is 2. The standard InChI is InChI=1S/C18H16BrN3O3/c1-25-16-7-6-13(10-14(16)19)18(24)21-20-17(23)11-22-9-8-12-4-2-3-5-15(12)22/h2-10H,11H2,1H3,(H,20,23)(H,21,24). The number of ether oxygens (including phenoxy) is 1. The van der Waals surface area contributed by atoms with E-state index in [0.29, 0.717) is 15.8 Å². The monoisotopic (exact) mass is 401 g/mol. The lowest BCUT2D eigenvalue weighted by Gasteiger charge is -2.10. The van der Waals surface area contributed by atoms with Gasteiger partial charge >= 0.3 is 0 Å². The summed E-state index contributed by atoms with van der Waals surface area (Å²) in [6.45, 7) is 0.111. The Hall–Kier alpha value is -2.80. The molecule has 1 aromatic heterocycles. The lowest BCUT2D eigenvalue weighted by atomic mass is 10.2. The van der Waals surface area contributed by atoms with E-state index in [0.717, 1.165) is 10.9 Å². The molecule has 128 valence electrons. The highest BCUT2D eigenvalue weighted by Gasteiger charge is 2.11. The number of halogens is 1. The fourth-order valence-corrected chi connectivity index (χ4v) is 3.02. The van der Waals surface area contributed by atoms with Crippen molar-refractivity contribution in [2.24, 2.45) is 0 Å². The van der Waals surface area contributed by atoms with Gasteiger partial charge < -0.3 is 9.30 Å². The van der Waals surface area contributed by atoms with Crippen molar-refractivity contribution in [2.45, 2.75) is 6.54 Å². The molecule has 0 bridgehead atoms. The van der Waals surface area contributed by atoms with Crippen molar-refractivity contribution in [1.82, 2.24) is 15.4 Å². The van der Waals surface area contributed by atoms with Crippen LogP contribution in [0.5, 0.6) is 5.75 Å². The molecule has 0 fully saturated rings. The zero-order valence-electron chi connectivity index (χ0n) is 13.5. The molecule has 0 radical (unpaired) electrons. The van der Waals surface area contributed by atoms with Gasteiger partial charge in [-0.25, -0.2) is 0 Å². The van der Waals surface area contributed by atoms with Crippen molar-refractivity contribution in [3.05, 3.63) is 64.8 Å². The van der Waals surface area contributed by atoms with Crippen LogP contribution in [0.1, 0.15) is 10.4 Å². The number of hydrogen-bond acceptors (Lipinski definition) is 3. The molecule has 0 unspecified atom stereocenters. The van der Waals surface area contributed by atoms with Gasteiger partial charge in [0.05, 0.1) is 11.6 Å². The summed E-state index contributed by atoms with van der Waals surface area (Å²) in [4.78, 5) is 24.2. The van der Waals surface area contributed by atoms with Crippen molar-refractivity contribution in [3.63, 3.8) is 0 Å². The fourth-order valence-electron chi connectivity index (χ4n) is 2.48. The van der Waals surface area contributed by atoms with Gasteiger partial charge in [0.2, 0.25) is 0 Å². The third kappa shape index (κ3) is 3.83. The van der Waals surface area contributed by atoms with Gasteiger partial charge in [-0.2, -0.15) is 0 Å². The van der Waals surface area contributed by atoms with Crippen LogP contribution in [0.2, 0.25) is 0 Å². The smallest absolute Gasteiger partial charge is 0.269 e. The van der Waals surface area contributed by atoms with Crippen molar-refractivity contribution < 1.29 is 14.3 Å². The van der Waals surface area contributed by atoms with Gasteiger partial charge in [0, 0.05) is 17.3 Å². The molecule has 0 aliphatic rings. The number of para-hydroxylation sites is 1. The quantitative estimate of drug-likeness (QED) is 0.660. The average Bonchev–Trinajstić information content (AvgIpc) is 3.02. The first-order chi connectivity index (χ1) is 12.1. The lowest BCUT2D eigenvalue weighted by Crippen LogP contribution is -2.43. The summed E-state index contributed by atoms with van der Waals surface area (Å²) in [5, 5.41) is 1.06. The third-order valence-electron chi connectivity index (χ3n) is 3.72. The Morgan fingerprint density at radius 2 is 1.92 bits per heavy atom. The SMILES string of the molecule is COc1ccc(C(=O)NNC(=O)Cn2ccc3ccccc32)cc1Br. The Morgan fingerprint density at radius 3 is 2.68 bits per heavy atom. The van der Waals surface area contributed by atoms with Gasteiger partial charge in [0.1, 0.15) is 12.3 Å². The molecular formula is C18H16BrN3O3. The van der Waals surface area contributed by atoms with Crippen LogP contribution in [0, 0.1) is 0 Å².